The van der Waals surface area contributed by atoms with Crippen LogP contribution in [0.4, 0.5) is 0 Å². The molecule has 0 atom stereocenters. The fourth-order valence-corrected chi connectivity index (χ4v) is 2.79. The third kappa shape index (κ3) is 4.48. The highest BCUT2D eigenvalue weighted by molar-refractivity contribution is 5.89. The van der Waals surface area contributed by atoms with Gasteiger partial charge in [0.1, 0.15) is 12.4 Å². The van der Waals surface area contributed by atoms with Crippen LogP contribution in [0.5, 0.6) is 5.75 Å². The zero-order valence-electron chi connectivity index (χ0n) is 14.9. The van der Waals surface area contributed by atoms with E-state index in [1.807, 2.05) is 36.4 Å². The van der Waals surface area contributed by atoms with Crippen LogP contribution in [0.2, 0.25) is 0 Å². The molecule has 1 N–H and O–H groups in total. The minimum absolute atomic E-state index is 0.718. The van der Waals surface area contributed by atoms with Crippen LogP contribution in [0.15, 0.2) is 48.5 Å². The summed E-state index contributed by atoms with van der Waals surface area (Å²) >= 11 is 0. The topological polar surface area (TPSA) is 41.1 Å². The Hall–Kier alpha value is -2.59. The Balaban J connectivity index is 1.59. The lowest BCUT2D eigenvalue weighted by Gasteiger charge is -2.17. The molecule has 2 aromatic carbocycles. The molecule has 0 aliphatic rings. The highest BCUT2D eigenvalue weighted by atomic mass is 16.5. The summed E-state index contributed by atoms with van der Waals surface area (Å²) in [7, 11) is 0. The molecular weight excluding hydrogens is 310 g/mol. The van der Waals surface area contributed by atoms with Gasteiger partial charge in [-0.2, -0.15) is 5.10 Å². The van der Waals surface area contributed by atoms with Crippen LogP contribution < -0.4 is 4.74 Å². The SMILES string of the molecule is CCN(CC)CCOc1ccc(/C=C/c2n[nH]c3ccccc23)cc1. The lowest BCUT2D eigenvalue weighted by molar-refractivity contribution is 0.223. The molecule has 0 aliphatic carbocycles. The maximum Gasteiger partial charge on any atom is 0.119 e. The molecule has 0 unspecified atom stereocenters. The van der Waals surface area contributed by atoms with Gasteiger partial charge < -0.3 is 9.64 Å². The van der Waals surface area contributed by atoms with Gasteiger partial charge in [0.15, 0.2) is 0 Å². The first-order chi connectivity index (χ1) is 12.3. The van der Waals surface area contributed by atoms with Crippen LogP contribution in [0.25, 0.3) is 23.1 Å². The second kappa shape index (κ2) is 8.49. The molecule has 0 bridgehead atoms. The summed E-state index contributed by atoms with van der Waals surface area (Å²) in [5.74, 6) is 0.912. The van der Waals surface area contributed by atoms with Crippen LogP contribution in [-0.2, 0) is 0 Å². The molecule has 0 fully saturated rings. The molecule has 3 aromatic rings. The van der Waals surface area contributed by atoms with Crippen molar-refractivity contribution in [3.8, 4) is 5.75 Å². The Morgan fingerprint density at radius 2 is 1.76 bits per heavy atom. The number of benzene rings is 2. The van der Waals surface area contributed by atoms with Gasteiger partial charge in [0.05, 0.1) is 11.2 Å². The number of rotatable bonds is 8. The van der Waals surface area contributed by atoms with Gasteiger partial charge in [-0.15, -0.1) is 0 Å². The minimum atomic E-state index is 0.718. The Kier molecular flexibility index (Phi) is 5.86. The summed E-state index contributed by atoms with van der Waals surface area (Å²) in [6.07, 6.45) is 4.11. The molecule has 1 heterocycles. The summed E-state index contributed by atoms with van der Waals surface area (Å²) in [5.41, 5.74) is 3.14. The molecule has 130 valence electrons. The first-order valence-corrected chi connectivity index (χ1v) is 8.86. The number of likely N-dealkylation sites (N-methyl/N-ethyl adjacent to an activating group) is 1. The van der Waals surface area contributed by atoms with Gasteiger partial charge in [0.2, 0.25) is 0 Å². The molecule has 4 nitrogen and oxygen atoms in total. The standard InChI is InChI=1S/C21H25N3O/c1-3-24(4-2)15-16-25-18-12-9-17(10-13-18)11-14-21-19-7-5-6-8-20(19)22-23-21/h5-14H,3-4,15-16H2,1-2H3,(H,22,23)/b14-11+. The second-order valence-corrected chi connectivity index (χ2v) is 5.93. The van der Waals surface area contributed by atoms with Crippen LogP contribution in [-0.4, -0.2) is 41.3 Å². The van der Waals surface area contributed by atoms with E-state index < -0.39 is 0 Å². The Morgan fingerprint density at radius 3 is 2.52 bits per heavy atom. The van der Waals surface area contributed by atoms with E-state index in [2.05, 4.69) is 53.2 Å². The van der Waals surface area contributed by atoms with Gasteiger partial charge in [0, 0.05) is 11.9 Å². The van der Waals surface area contributed by atoms with Crippen LogP contribution in [0.1, 0.15) is 25.1 Å². The third-order valence-corrected chi connectivity index (χ3v) is 4.38. The Bertz CT molecular complexity index is 817. The van der Waals surface area contributed by atoms with Gasteiger partial charge in [-0.1, -0.05) is 50.3 Å². The lowest BCUT2D eigenvalue weighted by Crippen LogP contribution is -2.27. The highest BCUT2D eigenvalue weighted by Crippen LogP contribution is 2.18. The maximum atomic E-state index is 5.82. The molecule has 1 aromatic heterocycles. The van der Waals surface area contributed by atoms with E-state index in [4.69, 9.17) is 4.74 Å². The number of nitrogens with zero attached hydrogens (tertiary/aromatic N) is 2. The van der Waals surface area contributed by atoms with Crippen LogP contribution in [0, 0.1) is 0 Å². The van der Waals surface area contributed by atoms with Crippen molar-refractivity contribution >= 4 is 23.1 Å². The predicted molar refractivity (Wildman–Crippen MR) is 105 cm³/mol. The molecule has 25 heavy (non-hydrogen) atoms. The number of hydrogen-bond donors (Lipinski definition) is 1. The van der Waals surface area contributed by atoms with E-state index >= 15 is 0 Å². The van der Waals surface area contributed by atoms with Gasteiger partial charge in [-0.3, -0.25) is 5.10 Å². The highest BCUT2D eigenvalue weighted by Gasteiger charge is 2.01. The number of aromatic amines is 1. The van der Waals surface area contributed by atoms with Crippen molar-refractivity contribution in [1.29, 1.82) is 0 Å². The van der Waals surface area contributed by atoms with Crippen molar-refractivity contribution < 1.29 is 4.74 Å². The second-order valence-electron chi connectivity index (χ2n) is 5.93. The van der Waals surface area contributed by atoms with Crippen LogP contribution >= 0.6 is 0 Å². The summed E-state index contributed by atoms with van der Waals surface area (Å²) in [5, 5.41) is 8.54. The number of aromatic nitrogens is 2. The maximum absolute atomic E-state index is 5.82. The molecule has 4 heteroatoms. The summed E-state index contributed by atoms with van der Waals surface area (Å²) in [6.45, 7) is 8.15. The van der Waals surface area contributed by atoms with Crippen molar-refractivity contribution in [2.75, 3.05) is 26.2 Å². The fraction of sp³-hybridized carbons (Fsp3) is 0.286. The predicted octanol–water partition coefficient (Wildman–Crippen LogP) is 4.45. The Morgan fingerprint density at radius 1 is 1.00 bits per heavy atom. The van der Waals surface area contributed by atoms with E-state index in [1.54, 1.807) is 0 Å². The van der Waals surface area contributed by atoms with Gasteiger partial charge in [0.25, 0.3) is 0 Å². The zero-order chi connectivity index (χ0) is 17.5. The van der Waals surface area contributed by atoms with Crippen molar-refractivity contribution in [2.45, 2.75) is 13.8 Å². The van der Waals surface area contributed by atoms with Crippen molar-refractivity contribution in [3.05, 3.63) is 59.8 Å². The van der Waals surface area contributed by atoms with Gasteiger partial charge >= 0.3 is 0 Å². The van der Waals surface area contributed by atoms with E-state index in [1.165, 1.54) is 0 Å². The fourth-order valence-electron chi connectivity index (χ4n) is 2.79. The molecule has 3 rings (SSSR count). The number of para-hydroxylation sites is 1. The smallest absolute Gasteiger partial charge is 0.119 e. The third-order valence-electron chi connectivity index (χ3n) is 4.38. The first-order valence-electron chi connectivity index (χ1n) is 8.86. The summed E-state index contributed by atoms with van der Waals surface area (Å²) in [6, 6.07) is 16.3. The van der Waals surface area contributed by atoms with Gasteiger partial charge in [-0.25, -0.2) is 0 Å². The molecule has 0 spiro atoms. The van der Waals surface area contributed by atoms with E-state index in [9.17, 15) is 0 Å². The molecule has 0 aliphatic heterocycles. The quantitative estimate of drug-likeness (QED) is 0.661. The number of hydrogen-bond acceptors (Lipinski definition) is 3. The number of nitrogens with one attached hydrogen (secondary N) is 1. The van der Waals surface area contributed by atoms with Gasteiger partial charge in [-0.05, 0) is 42.9 Å². The molecular formula is C21H25N3O. The number of H-pyrrole nitrogens is 1. The van der Waals surface area contributed by atoms with E-state index in [-0.39, 0.29) is 0 Å². The van der Waals surface area contributed by atoms with Crippen molar-refractivity contribution in [3.63, 3.8) is 0 Å². The molecule has 0 saturated heterocycles. The van der Waals surface area contributed by atoms with Crippen molar-refractivity contribution in [2.24, 2.45) is 0 Å². The van der Waals surface area contributed by atoms with Crippen molar-refractivity contribution in [1.82, 2.24) is 15.1 Å². The zero-order valence-corrected chi connectivity index (χ0v) is 14.9. The molecule has 0 saturated carbocycles. The number of ether oxygens (including phenoxy) is 1. The molecule has 0 radical (unpaired) electrons. The summed E-state index contributed by atoms with van der Waals surface area (Å²) < 4.78 is 5.82. The normalized spacial score (nSPS) is 11.6. The van der Waals surface area contributed by atoms with Crippen LogP contribution in [0.3, 0.4) is 0 Å². The monoisotopic (exact) mass is 335 g/mol. The van der Waals surface area contributed by atoms with E-state index in [0.717, 1.165) is 54.2 Å². The molecule has 0 amide bonds. The average Bonchev–Trinajstić information content (AvgIpc) is 3.08. The Labute approximate surface area is 149 Å². The average molecular weight is 335 g/mol. The summed E-state index contributed by atoms with van der Waals surface area (Å²) in [4.78, 5) is 2.35. The lowest BCUT2D eigenvalue weighted by atomic mass is 10.1. The first kappa shape index (κ1) is 17.2. The largest absolute Gasteiger partial charge is 0.492 e. The number of fused-ring (bicyclic) bond motifs is 1. The van der Waals surface area contributed by atoms with E-state index in [0.29, 0.717) is 0 Å². The minimum Gasteiger partial charge on any atom is -0.492 e.